The lowest BCUT2D eigenvalue weighted by Crippen LogP contribution is -2.31. The number of rotatable bonds is 6. The van der Waals surface area contributed by atoms with Crippen LogP contribution in [-0.4, -0.2) is 28.2 Å². The molecule has 0 radical (unpaired) electrons. The van der Waals surface area contributed by atoms with Crippen LogP contribution in [-0.2, 0) is 6.54 Å². The second-order valence-corrected chi connectivity index (χ2v) is 5.72. The first-order valence-corrected chi connectivity index (χ1v) is 6.55. The van der Waals surface area contributed by atoms with Gasteiger partial charge >= 0.3 is 0 Å². The van der Waals surface area contributed by atoms with Crippen LogP contribution in [0.5, 0.6) is 0 Å². The van der Waals surface area contributed by atoms with Gasteiger partial charge in [0.25, 0.3) is 0 Å². The molecule has 96 valence electrons. The Bertz CT molecular complexity index is 312. The van der Waals surface area contributed by atoms with E-state index in [0.717, 1.165) is 25.3 Å². The van der Waals surface area contributed by atoms with Crippen molar-refractivity contribution in [3.63, 3.8) is 0 Å². The molecule has 0 saturated carbocycles. The van der Waals surface area contributed by atoms with E-state index in [-0.39, 0.29) is 0 Å². The highest BCUT2D eigenvalue weighted by atomic mass is 35.5. The third kappa shape index (κ3) is 5.99. The van der Waals surface area contributed by atoms with Crippen molar-refractivity contribution in [1.29, 1.82) is 0 Å². The van der Waals surface area contributed by atoms with Crippen LogP contribution in [0.1, 0.15) is 33.4 Å². The average Bonchev–Trinajstić information content (AvgIpc) is 2.19. The summed E-state index contributed by atoms with van der Waals surface area (Å²) in [5, 5.41) is 8.44. The Balaban J connectivity index is 2.61. The van der Waals surface area contributed by atoms with Crippen molar-refractivity contribution in [2.45, 2.75) is 34.2 Å². The smallest absolute Gasteiger partial charge is 0.151 e. The zero-order valence-corrected chi connectivity index (χ0v) is 11.9. The van der Waals surface area contributed by atoms with Gasteiger partial charge in [-0.05, 0) is 24.0 Å². The van der Waals surface area contributed by atoms with Gasteiger partial charge in [-0.3, -0.25) is 4.90 Å². The molecular formula is C13H22ClN3. The van der Waals surface area contributed by atoms with E-state index in [2.05, 4.69) is 42.8 Å². The fourth-order valence-electron chi connectivity index (χ4n) is 1.89. The van der Waals surface area contributed by atoms with Crippen molar-refractivity contribution in [2.24, 2.45) is 11.8 Å². The van der Waals surface area contributed by atoms with E-state index in [0.29, 0.717) is 17.0 Å². The Labute approximate surface area is 109 Å². The molecule has 0 unspecified atom stereocenters. The van der Waals surface area contributed by atoms with Crippen LogP contribution in [0.2, 0.25) is 5.15 Å². The molecule has 17 heavy (non-hydrogen) atoms. The third-order valence-electron chi connectivity index (χ3n) is 2.32. The van der Waals surface area contributed by atoms with Gasteiger partial charge in [-0.15, -0.1) is 5.10 Å². The van der Waals surface area contributed by atoms with Gasteiger partial charge in [0.05, 0.1) is 5.69 Å². The molecule has 0 N–H and O–H groups in total. The van der Waals surface area contributed by atoms with Gasteiger partial charge in [0.2, 0.25) is 0 Å². The van der Waals surface area contributed by atoms with E-state index in [1.165, 1.54) is 0 Å². The Morgan fingerprint density at radius 1 is 1.06 bits per heavy atom. The maximum absolute atomic E-state index is 5.73. The molecule has 0 atom stereocenters. The van der Waals surface area contributed by atoms with Crippen LogP contribution in [0.15, 0.2) is 12.1 Å². The van der Waals surface area contributed by atoms with E-state index in [1.54, 1.807) is 6.07 Å². The highest BCUT2D eigenvalue weighted by Gasteiger charge is 2.11. The fraction of sp³-hybridized carbons (Fsp3) is 0.692. The summed E-state index contributed by atoms with van der Waals surface area (Å²) >= 11 is 5.73. The molecule has 0 aromatic carbocycles. The Kier molecular flexibility index (Phi) is 5.86. The van der Waals surface area contributed by atoms with E-state index < -0.39 is 0 Å². The summed E-state index contributed by atoms with van der Waals surface area (Å²) in [5.74, 6) is 1.32. The molecule has 4 heteroatoms. The van der Waals surface area contributed by atoms with Gasteiger partial charge < -0.3 is 0 Å². The minimum atomic E-state index is 0.452. The Morgan fingerprint density at radius 3 is 2.06 bits per heavy atom. The van der Waals surface area contributed by atoms with Crippen LogP contribution in [0.3, 0.4) is 0 Å². The number of aromatic nitrogens is 2. The van der Waals surface area contributed by atoms with Gasteiger partial charge in [0.15, 0.2) is 5.15 Å². The van der Waals surface area contributed by atoms with Crippen molar-refractivity contribution >= 4 is 11.6 Å². The largest absolute Gasteiger partial charge is 0.297 e. The summed E-state index contributed by atoms with van der Waals surface area (Å²) in [4.78, 5) is 2.42. The molecule has 0 aliphatic heterocycles. The topological polar surface area (TPSA) is 29.0 Å². The second kappa shape index (κ2) is 6.92. The SMILES string of the molecule is CC(C)CN(Cc1ccc(Cl)nn1)CC(C)C. The van der Waals surface area contributed by atoms with Crippen molar-refractivity contribution in [1.82, 2.24) is 15.1 Å². The molecule has 0 aliphatic carbocycles. The number of nitrogens with zero attached hydrogens (tertiary/aromatic N) is 3. The summed E-state index contributed by atoms with van der Waals surface area (Å²) in [6.45, 7) is 12.0. The molecule has 1 aromatic heterocycles. The van der Waals surface area contributed by atoms with Crippen LogP contribution < -0.4 is 0 Å². The number of halogens is 1. The monoisotopic (exact) mass is 255 g/mol. The maximum atomic E-state index is 5.73. The average molecular weight is 256 g/mol. The molecule has 3 nitrogen and oxygen atoms in total. The summed E-state index contributed by atoms with van der Waals surface area (Å²) < 4.78 is 0. The lowest BCUT2D eigenvalue weighted by Gasteiger charge is -2.25. The highest BCUT2D eigenvalue weighted by molar-refractivity contribution is 6.29. The van der Waals surface area contributed by atoms with Crippen molar-refractivity contribution in [3.05, 3.63) is 23.0 Å². The lowest BCUT2D eigenvalue weighted by atomic mass is 10.1. The molecule has 0 saturated heterocycles. The van der Waals surface area contributed by atoms with Gasteiger partial charge in [-0.2, -0.15) is 5.10 Å². The summed E-state index contributed by atoms with van der Waals surface area (Å²) in [7, 11) is 0. The number of hydrogen-bond acceptors (Lipinski definition) is 3. The fourth-order valence-corrected chi connectivity index (χ4v) is 1.99. The molecule has 1 heterocycles. The van der Waals surface area contributed by atoms with E-state index >= 15 is 0 Å². The van der Waals surface area contributed by atoms with E-state index in [9.17, 15) is 0 Å². The predicted octanol–water partition coefficient (Wildman–Crippen LogP) is 3.24. The zero-order chi connectivity index (χ0) is 12.8. The quantitative estimate of drug-likeness (QED) is 0.782. The van der Waals surface area contributed by atoms with Crippen LogP contribution in [0.25, 0.3) is 0 Å². The van der Waals surface area contributed by atoms with Gasteiger partial charge in [-0.1, -0.05) is 39.3 Å². The first-order valence-electron chi connectivity index (χ1n) is 6.18. The molecule has 0 aliphatic rings. The summed E-state index contributed by atoms with van der Waals surface area (Å²) in [5.41, 5.74) is 0.982. The van der Waals surface area contributed by atoms with Crippen LogP contribution in [0, 0.1) is 11.8 Å². The standard InChI is InChI=1S/C13H22ClN3/c1-10(2)7-17(8-11(3)4)9-12-5-6-13(14)16-15-12/h5-6,10-11H,7-9H2,1-4H3. The molecule has 0 amide bonds. The molecular weight excluding hydrogens is 234 g/mol. The predicted molar refractivity (Wildman–Crippen MR) is 72.0 cm³/mol. The summed E-state index contributed by atoms with van der Waals surface area (Å²) in [6, 6.07) is 3.75. The van der Waals surface area contributed by atoms with Crippen molar-refractivity contribution < 1.29 is 0 Å². The molecule has 0 fully saturated rings. The molecule has 1 rings (SSSR count). The molecule has 0 spiro atoms. The minimum Gasteiger partial charge on any atom is -0.297 e. The Morgan fingerprint density at radius 2 is 1.65 bits per heavy atom. The first kappa shape index (κ1) is 14.4. The van der Waals surface area contributed by atoms with E-state index in [1.807, 2.05) is 6.07 Å². The first-order chi connectivity index (χ1) is 7.97. The Hall–Kier alpha value is -0.670. The third-order valence-corrected chi connectivity index (χ3v) is 2.52. The van der Waals surface area contributed by atoms with E-state index in [4.69, 9.17) is 11.6 Å². The molecule has 1 aromatic rings. The second-order valence-electron chi connectivity index (χ2n) is 5.33. The minimum absolute atomic E-state index is 0.452. The highest BCUT2D eigenvalue weighted by Crippen LogP contribution is 2.09. The maximum Gasteiger partial charge on any atom is 0.151 e. The van der Waals surface area contributed by atoms with Crippen molar-refractivity contribution in [2.75, 3.05) is 13.1 Å². The molecule has 0 bridgehead atoms. The van der Waals surface area contributed by atoms with Crippen molar-refractivity contribution in [3.8, 4) is 0 Å². The zero-order valence-electron chi connectivity index (χ0n) is 11.2. The lowest BCUT2D eigenvalue weighted by molar-refractivity contribution is 0.208. The van der Waals surface area contributed by atoms with Crippen LogP contribution >= 0.6 is 11.6 Å². The van der Waals surface area contributed by atoms with Gasteiger partial charge in [0.1, 0.15) is 0 Å². The summed E-state index contributed by atoms with van der Waals surface area (Å²) in [6.07, 6.45) is 0. The van der Waals surface area contributed by atoms with Gasteiger partial charge in [0, 0.05) is 19.6 Å². The van der Waals surface area contributed by atoms with Crippen LogP contribution in [0.4, 0.5) is 0 Å². The van der Waals surface area contributed by atoms with Gasteiger partial charge in [-0.25, -0.2) is 0 Å². The normalized spacial score (nSPS) is 11.8. The number of hydrogen-bond donors (Lipinski definition) is 0.